The van der Waals surface area contributed by atoms with Crippen LogP contribution in [0.2, 0.25) is 0 Å². The van der Waals surface area contributed by atoms with Crippen molar-refractivity contribution in [2.45, 2.75) is 71.1 Å². The lowest BCUT2D eigenvalue weighted by Gasteiger charge is -2.25. The molecule has 1 aliphatic rings. The lowest BCUT2D eigenvalue weighted by Crippen LogP contribution is -2.46. The number of rotatable bonds is 12. The second-order valence-corrected chi connectivity index (χ2v) is 14.5. The number of nitrogens with one attached hydrogen (secondary N) is 3. The maximum atomic E-state index is 13.0. The summed E-state index contributed by atoms with van der Waals surface area (Å²) >= 11 is 7.12. The molecule has 240 valence electrons. The number of hydrogen-bond acceptors (Lipinski definition) is 6. The van der Waals surface area contributed by atoms with Crippen molar-refractivity contribution in [3.8, 4) is 11.1 Å². The van der Waals surface area contributed by atoms with Crippen molar-refractivity contribution in [1.82, 2.24) is 16.0 Å². The van der Waals surface area contributed by atoms with Gasteiger partial charge in [0, 0.05) is 24.3 Å². The predicted molar refractivity (Wildman–Crippen MR) is 188 cm³/mol. The maximum Gasteiger partial charge on any atom is 0.407 e. The van der Waals surface area contributed by atoms with E-state index in [4.69, 9.17) is 21.7 Å². The summed E-state index contributed by atoms with van der Waals surface area (Å²) in [5.41, 5.74) is 5.27. The molecule has 0 saturated carbocycles. The molecule has 0 saturated heterocycles. The van der Waals surface area contributed by atoms with Crippen molar-refractivity contribution in [2.24, 2.45) is 5.92 Å². The molecule has 0 heterocycles. The Labute approximate surface area is 277 Å². The van der Waals surface area contributed by atoms with Crippen molar-refractivity contribution in [2.75, 3.05) is 18.9 Å². The Morgan fingerprint density at radius 3 is 2.02 bits per heavy atom. The van der Waals surface area contributed by atoms with E-state index in [1.54, 1.807) is 0 Å². The number of amides is 2. The van der Waals surface area contributed by atoms with Crippen LogP contribution in [0.15, 0.2) is 78.9 Å². The Bertz CT molecular complexity index is 1400. The van der Waals surface area contributed by atoms with Crippen LogP contribution in [-0.2, 0) is 15.9 Å². The van der Waals surface area contributed by atoms with Gasteiger partial charge in [-0.15, -0.1) is 0 Å². The molecule has 1 aliphatic carbocycles. The number of fused-ring (bicyclic) bond motifs is 3. The van der Waals surface area contributed by atoms with Crippen molar-refractivity contribution in [3.63, 3.8) is 0 Å². The van der Waals surface area contributed by atoms with Crippen LogP contribution in [0.3, 0.4) is 0 Å². The largest absolute Gasteiger partial charge is 0.449 e. The molecule has 3 aromatic carbocycles. The van der Waals surface area contributed by atoms with Gasteiger partial charge in [-0.2, -0.15) is 0 Å². The van der Waals surface area contributed by atoms with Crippen LogP contribution in [0.4, 0.5) is 9.59 Å². The Morgan fingerprint density at radius 1 is 0.844 bits per heavy atom. The molecular weight excluding hydrogens is 603 g/mol. The molecule has 0 bridgehead atoms. The standard InChI is InChI=1S/C36H45N3O4S2/c1-24(2)19-27(39-33(40)42-22-32-30-17-11-9-15-28(30)29-16-10-12-18-31(29)32)23-45-35(44)37-21-26(20-25-13-7-6-8-14-25)38-34(41)43-36(3,4)5/h6-18,24,26-27,32H,19-23H2,1-5H3,(H,37,44)(H,38,41)(H,39,40)/t26-,27-/m0/s1. The zero-order valence-corrected chi connectivity index (χ0v) is 28.4. The Hall–Kier alpha value is -3.56. The van der Waals surface area contributed by atoms with Gasteiger partial charge in [-0.1, -0.05) is 117 Å². The van der Waals surface area contributed by atoms with Gasteiger partial charge >= 0.3 is 12.2 Å². The summed E-state index contributed by atoms with van der Waals surface area (Å²) in [5, 5.41) is 9.35. The monoisotopic (exact) mass is 647 g/mol. The average Bonchev–Trinajstić information content (AvgIpc) is 3.30. The fraction of sp³-hybridized carbons (Fsp3) is 0.417. The van der Waals surface area contributed by atoms with Gasteiger partial charge in [0.25, 0.3) is 0 Å². The van der Waals surface area contributed by atoms with Crippen molar-refractivity contribution in [3.05, 3.63) is 95.6 Å². The van der Waals surface area contributed by atoms with E-state index >= 15 is 0 Å². The molecule has 7 nitrogen and oxygen atoms in total. The van der Waals surface area contributed by atoms with Crippen LogP contribution in [0.1, 0.15) is 63.6 Å². The van der Waals surface area contributed by atoms with Crippen LogP contribution in [0, 0.1) is 5.92 Å². The topological polar surface area (TPSA) is 88.7 Å². The SMILES string of the molecule is CC(C)C[C@@H](CSC(=S)NC[C@H](Cc1ccccc1)NC(=O)OC(C)(C)C)NC(=O)OCC1c2ccccc2-c2ccccc21. The molecule has 3 N–H and O–H groups in total. The van der Waals surface area contributed by atoms with Gasteiger partial charge in [0.2, 0.25) is 0 Å². The number of carbonyl (C=O) groups is 2. The summed E-state index contributed by atoms with van der Waals surface area (Å²) in [6.45, 7) is 10.5. The number of hydrogen-bond donors (Lipinski definition) is 3. The predicted octanol–water partition coefficient (Wildman–Crippen LogP) is 7.68. The smallest absolute Gasteiger partial charge is 0.407 e. The molecular formula is C36H45N3O4S2. The number of ether oxygens (including phenoxy) is 2. The van der Waals surface area contributed by atoms with E-state index in [9.17, 15) is 9.59 Å². The van der Waals surface area contributed by atoms with Crippen LogP contribution >= 0.6 is 24.0 Å². The summed E-state index contributed by atoms with van der Waals surface area (Å²) < 4.78 is 11.9. The van der Waals surface area contributed by atoms with Gasteiger partial charge in [-0.25, -0.2) is 9.59 Å². The normalized spacial score (nSPS) is 13.7. The number of alkyl carbamates (subject to hydrolysis) is 2. The first kappa shape index (κ1) is 34.3. The third-order valence-corrected chi connectivity index (χ3v) is 8.85. The summed E-state index contributed by atoms with van der Waals surface area (Å²) in [5.74, 6) is 0.979. The van der Waals surface area contributed by atoms with Crippen LogP contribution < -0.4 is 16.0 Å². The maximum absolute atomic E-state index is 13.0. The van der Waals surface area contributed by atoms with E-state index < -0.39 is 17.8 Å². The first-order valence-corrected chi connectivity index (χ1v) is 16.9. The van der Waals surface area contributed by atoms with Crippen LogP contribution in [0.25, 0.3) is 11.1 Å². The second kappa shape index (κ2) is 16.1. The van der Waals surface area contributed by atoms with E-state index in [-0.39, 0.29) is 24.6 Å². The van der Waals surface area contributed by atoms with E-state index in [0.717, 1.165) is 12.0 Å². The highest BCUT2D eigenvalue weighted by Gasteiger charge is 2.29. The summed E-state index contributed by atoms with van der Waals surface area (Å²) in [6.07, 6.45) is 0.524. The number of thioether (sulfide) groups is 1. The van der Waals surface area contributed by atoms with Crippen molar-refractivity contribution < 1.29 is 19.1 Å². The van der Waals surface area contributed by atoms with Gasteiger partial charge < -0.3 is 25.4 Å². The summed E-state index contributed by atoms with van der Waals surface area (Å²) in [7, 11) is 0. The van der Waals surface area contributed by atoms with Crippen LogP contribution in [-0.4, -0.2) is 53.1 Å². The molecule has 45 heavy (non-hydrogen) atoms. The fourth-order valence-corrected chi connectivity index (χ4v) is 6.57. The first-order chi connectivity index (χ1) is 21.5. The molecule has 0 aromatic heterocycles. The van der Waals surface area contributed by atoms with Gasteiger partial charge in [0.05, 0.1) is 6.04 Å². The highest BCUT2D eigenvalue weighted by atomic mass is 32.2. The molecule has 0 radical (unpaired) electrons. The number of benzene rings is 3. The van der Waals surface area contributed by atoms with Crippen molar-refractivity contribution in [1.29, 1.82) is 0 Å². The molecule has 4 rings (SSSR count). The molecule has 9 heteroatoms. The Morgan fingerprint density at radius 2 is 1.42 bits per heavy atom. The van der Waals surface area contributed by atoms with E-state index in [2.05, 4.69) is 54.1 Å². The zero-order valence-electron chi connectivity index (χ0n) is 26.8. The fourth-order valence-electron chi connectivity index (χ4n) is 5.53. The quantitative estimate of drug-likeness (QED) is 0.174. The van der Waals surface area contributed by atoms with Crippen molar-refractivity contribution >= 4 is 40.5 Å². The van der Waals surface area contributed by atoms with E-state index in [0.29, 0.717) is 29.0 Å². The highest BCUT2D eigenvalue weighted by molar-refractivity contribution is 8.23. The van der Waals surface area contributed by atoms with Gasteiger partial charge in [-0.05, 0) is 67.3 Å². The molecule has 0 aliphatic heterocycles. The van der Waals surface area contributed by atoms with E-state index in [1.807, 2.05) is 75.4 Å². The lowest BCUT2D eigenvalue weighted by atomic mass is 9.98. The molecule has 2 atom stereocenters. The zero-order chi connectivity index (χ0) is 32.4. The number of thiocarbonyl (C=S) groups is 1. The minimum absolute atomic E-state index is 0.0102. The molecule has 0 fully saturated rings. The molecule has 3 aromatic rings. The van der Waals surface area contributed by atoms with Crippen LogP contribution in [0.5, 0.6) is 0 Å². The molecule has 2 amide bonds. The third-order valence-electron chi connectivity index (χ3n) is 7.38. The summed E-state index contributed by atoms with van der Waals surface area (Å²) in [6, 6.07) is 26.2. The Kier molecular flexibility index (Phi) is 12.3. The second-order valence-electron chi connectivity index (χ2n) is 12.8. The minimum Gasteiger partial charge on any atom is -0.449 e. The highest BCUT2D eigenvalue weighted by Crippen LogP contribution is 2.44. The van der Waals surface area contributed by atoms with E-state index in [1.165, 1.54) is 34.0 Å². The molecule has 0 unspecified atom stereocenters. The Balaban J connectivity index is 1.29. The summed E-state index contributed by atoms with van der Waals surface area (Å²) in [4.78, 5) is 25.5. The first-order valence-electron chi connectivity index (χ1n) is 15.5. The van der Waals surface area contributed by atoms with Gasteiger partial charge in [0.15, 0.2) is 0 Å². The lowest BCUT2D eigenvalue weighted by molar-refractivity contribution is 0.0505. The van der Waals surface area contributed by atoms with Gasteiger partial charge in [-0.3, -0.25) is 0 Å². The minimum atomic E-state index is -0.592. The van der Waals surface area contributed by atoms with Gasteiger partial charge in [0.1, 0.15) is 16.5 Å². The average molecular weight is 648 g/mol. The number of carbonyl (C=O) groups excluding carboxylic acids is 2. The third kappa shape index (κ3) is 10.8. The molecule has 0 spiro atoms.